The molecule has 0 spiro atoms. The molecule has 52 heavy (non-hydrogen) atoms. The van der Waals surface area contributed by atoms with E-state index in [0.29, 0.717) is 37.5 Å². The molecule has 6 aliphatic rings. The third-order valence-corrected chi connectivity index (χ3v) is 14.6. The molecular weight excluding hydrogens is 676 g/mol. The van der Waals surface area contributed by atoms with Crippen LogP contribution < -0.4 is 0 Å². The van der Waals surface area contributed by atoms with Gasteiger partial charge in [-0.3, -0.25) is 4.79 Å². The Morgan fingerprint density at radius 3 is 2.33 bits per heavy atom. The summed E-state index contributed by atoms with van der Waals surface area (Å²) in [4.78, 5) is 14.0. The Hall–Kier alpha value is -1.07. The number of aliphatic hydroxyl groups is 8. The van der Waals surface area contributed by atoms with Crippen molar-refractivity contribution in [1.29, 1.82) is 0 Å². The fourth-order valence-corrected chi connectivity index (χ4v) is 11.4. The summed E-state index contributed by atoms with van der Waals surface area (Å²) < 4.78 is 24.7. The number of carbonyl (C=O) groups is 1. The van der Waals surface area contributed by atoms with Crippen LogP contribution in [-0.4, -0.2) is 133 Å². The largest absolute Gasteiger partial charge is 0.396 e. The van der Waals surface area contributed by atoms with E-state index in [1.807, 2.05) is 13.8 Å². The van der Waals surface area contributed by atoms with Crippen molar-refractivity contribution in [2.24, 2.45) is 46.3 Å². The highest BCUT2D eigenvalue weighted by Gasteiger charge is 2.64. The van der Waals surface area contributed by atoms with Crippen molar-refractivity contribution in [2.45, 2.75) is 166 Å². The average Bonchev–Trinajstić information content (AvgIpc) is 3.42. The van der Waals surface area contributed by atoms with Crippen molar-refractivity contribution in [3.8, 4) is 0 Å². The molecule has 298 valence electrons. The lowest BCUT2D eigenvalue weighted by atomic mass is 9.47. The summed E-state index contributed by atoms with van der Waals surface area (Å²) >= 11 is 0. The molecule has 6 rings (SSSR count). The quantitative estimate of drug-likeness (QED) is 0.140. The van der Waals surface area contributed by atoms with Crippen LogP contribution in [0.4, 0.5) is 0 Å². The molecule has 0 bridgehead atoms. The third-order valence-electron chi connectivity index (χ3n) is 14.6. The number of carbonyl (C=O) groups excluding carboxylic acids is 1. The first kappa shape index (κ1) is 40.6. The number of ether oxygens (including phenoxy) is 4. The molecule has 2 saturated heterocycles. The number of allylic oxidation sites excluding steroid dienone is 1. The Kier molecular flexibility index (Phi) is 12.3. The summed E-state index contributed by atoms with van der Waals surface area (Å²) in [5.41, 5.74) is 1.06. The summed E-state index contributed by atoms with van der Waals surface area (Å²) in [6.45, 7) is 9.40. The second-order valence-corrected chi connectivity index (χ2v) is 17.7. The monoisotopic (exact) mass is 740 g/mol. The van der Waals surface area contributed by atoms with E-state index in [2.05, 4.69) is 19.9 Å². The first-order chi connectivity index (χ1) is 24.5. The number of ketones is 1. The Morgan fingerprint density at radius 2 is 1.63 bits per heavy atom. The molecule has 0 aromatic heterocycles. The van der Waals surface area contributed by atoms with Gasteiger partial charge >= 0.3 is 0 Å². The predicted octanol–water partition coefficient (Wildman–Crippen LogP) is 1.19. The van der Waals surface area contributed by atoms with Gasteiger partial charge in [-0.1, -0.05) is 39.3 Å². The van der Waals surface area contributed by atoms with Crippen LogP contribution in [0, 0.1) is 46.3 Å². The van der Waals surface area contributed by atoms with Crippen LogP contribution in [0.5, 0.6) is 0 Å². The molecule has 0 amide bonds. The maximum Gasteiger partial charge on any atom is 0.187 e. The highest BCUT2D eigenvalue weighted by molar-refractivity contribution is 5.81. The molecule has 13 heteroatoms. The molecule has 20 atom stereocenters. The molecule has 5 fully saturated rings. The summed E-state index contributed by atoms with van der Waals surface area (Å²) in [5, 5.41) is 84.0. The smallest absolute Gasteiger partial charge is 0.187 e. The zero-order valence-electron chi connectivity index (χ0n) is 31.4. The van der Waals surface area contributed by atoms with Crippen molar-refractivity contribution in [2.75, 3.05) is 13.2 Å². The van der Waals surface area contributed by atoms with Crippen LogP contribution >= 0.6 is 0 Å². The standard InChI is InChI=1S/C39H64O13/c1-18(16-40)6-9-26(43)19(2)29-27(15-25-23-8-7-21-14-22(42)10-12-38(21,4)24(23)11-13-39(25,29)5)50-37-35(33(47)31(45)28(17-41)51-37)52-36-34(48)32(46)30(44)20(3)49-36/h7,18-20,22-25,27-37,40-42,44-48H,6,8-17H2,1-5H3/t18-,19-,20+,22+,23-,24+,25+,27+,28-,29+,30+,31-,32-,33+,34-,35-,36+,37-,38+,39+/m1/s1. The zero-order valence-corrected chi connectivity index (χ0v) is 31.4. The van der Waals surface area contributed by atoms with Crippen LogP contribution in [0.25, 0.3) is 0 Å². The number of hydrogen-bond acceptors (Lipinski definition) is 13. The fourth-order valence-electron chi connectivity index (χ4n) is 11.4. The maximum atomic E-state index is 14.0. The van der Waals surface area contributed by atoms with Crippen molar-refractivity contribution in [3.63, 3.8) is 0 Å². The molecule has 0 aromatic rings. The number of aliphatic hydroxyl groups excluding tert-OH is 8. The normalized spacial score (nSPS) is 50.4. The van der Waals surface area contributed by atoms with Gasteiger partial charge in [-0.15, -0.1) is 0 Å². The van der Waals surface area contributed by atoms with Crippen molar-refractivity contribution < 1.29 is 64.6 Å². The lowest BCUT2D eigenvalue weighted by molar-refractivity contribution is -0.370. The summed E-state index contributed by atoms with van der Waals surface area (Å²) in [5.74, 6) is 0.334. The topological polar surface area (TPSA) is 216 Å². The zero-order chi connectivity index (χ0) is 37.9. The lowest BCUT2D eigenvalue weighted by Gasteiger charge is -2.58. The van der Waals surface area contributed by atoms with E-state index in [1.54, 1.807) is 0 Å². The van der Waals surface area contributed by atoms with E-state index in [-0.39, 0.29) is 47.1 Å². The van der Waals surface area contributed by atoms with E-state index in [9.17, 15) is 45.6 Å². The van der Waals surface area contributed by atoms with Crippen LogP contribution in [-0.2, 0) is 23.7 Å². The lowest BCUT2D eigenvalue weighted by Crippen LogP contribution is -2.64. The molecule has 13 nitrogen and oxygen atoms in total. The number of fused-ring (bicyclic) bond motifs is 5. The molecule has 8 N–H and O–H groups in total. The second kappa shape index (κ2) is 15.8. The number of Topliss-reactive ketones (excluding diaryl/α,β-unsaturated/α-hetero) is 1. The minimum atomic E-state index is -1.69. The predicted molar refractivity (Wildman–Crippen MR) is 186 cm³/mol. The Morgan fingerprint density at radius 1 is 0.904 bits per heavy atom. The van der Waals surface area contributed by atoms with Crippen LogP contribution in [0.3, 0.4) is 0 Å². The Balaban J connectivity index is 1.32. The van der Waals surface area contributed by atoms with Gasteiger partial charge in [0.2, 0.25) is 0 Å². The molecule has 0 unspecified atom stereocenters. The molecule has 0 radical (unpaired) electrons. The summed E-state index contributed by atoms with van der Waals surface area (Å²) in [7, 11) is 0. The average molecular weight is 741 g/mol. The summed E-state index contributed by atoms with van der Waals surface area (Å²) in [6.07, 6.45) is -6.16. The minimum Gasteiger partial charge on any atom is -0.396 e. The third kappa shape index (κ3) is 7.20. The van der Waals surface area contributed by atoms with Gasteiger partial charge < -0.3 is 59.8 Å². The van der Waals surface area contributed by atoms with E-state index >= 15 is 0 Å². The molecule has 0 aromatic carbocycles. The van der Waals surface area contributed by atoms with Crippen molar-refractivity contribution in [3.05, 3.63) is 11.6 Å². The highest BCUT2D eigenvalue weighted by atomic mass is 16.8. The van der Waals surface area contributed by atoms with Gasteiger partial charge in [-0.25, -0.2) is 0 Å². The van der Waals surface area contributed by atoms with E-state index in [4.69, 9.17) is 18.9 Å². The molecule has 2 heterocycles. The van der Waals surface area contributed by atoms with Gasteiger partial charge in [0.1, 0.15) is 48.5 Å². The number of hydrogen-bond donors (Lipinski definition) is 8. The van der Waals surface area contributed by atoms with E-state index in [0.717, 1.165) is 32.1 Å². The van der Waals surface area contributed by atoms with Gasteiger partial charge in [0, 0.05) is 24.9 Å². The molecule has 3 saturated carbocycles. The van der Waals surface area contributed by atoms with Gasteiger partial charge in [-0.05, 0) is 92.8 Å². The Labute approximate surface area is 307 Å². The summed E-state index contributed by atoms with van der Waals surface area (Å²) in [6, 6.07) is 0. The van der Waals surface area contributed by atoms with Crippen LogP contribution in [0.15, 0.2) is 11.6 Å². The minimum absolute atomic E-state index is 0.000232. The van der Waals surface area contributed by atoms with Gasteiger partial charge in [0.25, 0.3) is 0 Å². The second-order valence-electron chi connectivity index (χ2n) is 17.7. The number of rotatable bonds is 11. The van der Waals surface area contributed by atoms with Crippen LogP contribution in [0.2, 0.25) is 0 Å². The molecule has 2 aliphatic heterocycles. The SMILES string of the molecule is C[C@@H](CO)CCC(=O)[C@@H](C)[C@H]1[C@@H](O[C@@H]2O[C@H](CO)[C@@H](O)[C@H](O)[C@H]2O[C@@H]2O[C@@H](C)[C@H](O)[C@@H](O)[C@H]2O)C[C@H]2[C@@H]3CC=C4C[C@@H](O)CC[C@]4(C)[C@H]3CC[C@]12C. The first-order valence-corrected chi connectivity index (χ1v) is 19.7. The van der Waals surface area contributed by atoms with Gasteiger partial charge in [0.15, 0.2) is 12.6 Å². The Bertz CT molecular complexity index is 1280. The highest BCUT2D eigenvalue weighted by Crippen LogP contribution is 2.67. The molecule has 4 aliphatic carbocycles. The van der Waals surface area contributed by atoms with E-state index < -0.39 is 80.0 Å². The van der Waals surface area contributed by atoms with Crippen molar-refractivity contribution in [1.82, 2.24) is 0 Å². The first-order valence-electron chi connectivity index (χ1n) is 19.7. The van der Waals surface area contributed by atoms with Crippen LogP contribution in [0.1, 0.15) is 92.4 Å². The van der Waals surface area contributed by atoms with Gasteiger partial charge in [0.05, 0.1) is 24.9 Å². The van der Waals surface area contributed by atoms with Gasteiger partial charge in [-0.2, -0.15) is 0 Å². The fraction of sp³-hybridized carbons (Fsp3) is 0.923. The maximum absolute atomic E-state index is 14.0. The van der Waals surface area contributed by atoms with E-state index in [1.165, 1.54) is 12.5 Å². The molecular formula is C39H64O13. The van der Waals surface area contributed by atoms with Crippen molar-refractivity contribution >= 4 is 5.78 Å².